The van der Waals surface area contributed by atoms with Crippen molar-refractivity contribution >= 4 is 23.0 Å². The number of carbonyl (C=O) groups excluding carboxylic acids is 2. The van der Waals surface area contributed by atoms with E-state index in [0.29, 0.717) is 22.7 Å². The Morgan fingerprint density at radius 3 is 2.44 bits per heavy atom. The van der Waals surface area contributed by atoms with Crippen molar-refractivity contribution < 1.29 is 9.59 Å². The second-order valence-electron chi connectivity index (χ2n) is 10.4. The highest BCUT2D eigenvalue weighted by Crippen LogP contribution is 2.54. The van der Waals surface area contributed by atoms with Crippen LogP contribution in [0.4, 0.5) is 5.69 Å². The summed E-state index contributed by atoms with van der Waals surface area (Å²) >= 11 is 0. The van der Waals surface area contributed by atoms with Crippen molar-refractivity contribution in [3.05, 3.63) is 47.8 Å². The van der Waals surface area contributed by atoms with Gasteiger partial charge in [0, 0.05) is 37.3 Å². The van der Waals surface area contributed by atoms with Gasteiger partial charge in [0.05, 0.1) is 39.9 Å². The molecule has 7 rings (SSSR count). The zero-order valence-corrected chi connectivity index (χ0v) is 20.4. The van der Waals surface area contributed by atoms with Crippen LogP contribution in [0.2, 0.25) is 0 Å². The average molecular weight is 484 g/mol. The molecule has 0 atom stereocenters. The van der Waals surface area contributed by atoms with Gasteiger partial charge in [-0.05, 0) is 69.2 Å². The number of pyridine rings is 1. The Morgan fingerprint density at radius 1 is 1.06 bits per heavy atom. The van der Waals surface area contributed by atoms with Crippen molar-refractivity contribution in [3.63, 3.8) is 0 Å². The number of fused-ring (bicyclic) bond motifs is 4. The van der Waals surface area contributed by atoms with Crippen LogP contribution in [0.15, 0.2) is 36.7 Å². The van der Waals surface area contributed by atoms with E-state index in [9.17, 15) is 14.9 Å². The molecule has 3 saturated carbocycles. The Bertz CT molecular complexity index is 1390. The number of amides is 2. The smallest absolute Gasteiger partial charge is 0.254 e. The first-order valence-corrected chi connectivity index (χ1v) is 12.6. The third kappa shape index (κ3) is 3.51. The molecular weight excluding hydrogens is 454 g/mol. The summed E-state index contributed by atoms with van der Waals surface area (Å²) < 4.78 is 1.75. The summed E-state index contributed by atoms with van der Waals surface area (Å²) in [6.45, 7) is 1.81. The van der Waals surface area contributed by atoms with Crippen LogP contribution in [0.1, 0.15) is 60.9 Å². The second-order valence-corrected chi connectivity index (χ2v) is 10.4. The molecule has 0 aromatic carbocycles. The molecule has 36 heavy (non-hydrogen) atoms. The number of rotatable bonds is 5. The quantitative estimate of drug-likeness (QED) is 0.575. The van der Waals surface area contributed by atoms with Crippen molar-refractivity contribution in [2.75, 3.05) is 25.5 Å². The van der Waals surface area contributed by atoms with Crippen LogP contribution in [0, 0.1) is 16.7 Å². The number of carbonyl (C=O) groups is 2. The lowest BCUT2D eigenvalue weighted by Gasteiger charge is -2.55. The lowest BCUT2D eigenvalue weighted by atomic mass is 9.56. The minimum atomic E-state index is -0.199. The first-order valence-electron chi connectivity index (χ1n) is 12.6. The largest absolute Gasteiger partial charge is 0.379 e. The highest BCUT2D eigenvalue weighted by Gasteiger charge is 2.54. The number of hydrogen-bond donors (Lipinski definition) is 2. The van der Waals surface area contributed by atoms with Gasteiger partial charge in [0.15, 0.2) is 0 Å². The summed E-state index contributed by atoms with van der Waals surface area (Å²) in [5.74, 6) is 0.158. The van der Waals surface area contributed by atoms with Gasteiger partial charge in [0.1, 0.15) is 6.07 Å². The summed E-state index contributed by atoms with van der Waals surface area (Å²) in [7, 11) is 1.62. The van der Waals surface area contributed by atoms with E-state index in [4.69, 9.17) is 0 Å². The Morgan fingerprint density at radius 2 is 1.81 bits per heavy atom. The molecule has 2 N–H and O–H groups in total. The summed E-state index contributed by atoms with van der Waals surface area (Å²) in [5, 5.41) is 20.1. The monoisotopic (exact) mass is 483 g/mol. The molecule has 9 nitrogen and oxygen atoms in total. The van der Waals surface area contributed by atoms with Crippen LogP contribution in [-0.4, -0.2) is 57.0 Å². The van der Waals surface area contributed by atoms with Crippen molar-refractivity contribution in [3.8, 4) is 17.5 Å². The van der Waals surface area contributed by atoms with Crippen molar-refractivity contribution in [1.29, 1.82) is 5.26 Å². The molecule has 4 heterocycles. The predicted molar refractivity (Wildman–Crippen MR) is 134 cm³/mol. The third-order valence-corrected chi connectivity index (χ3v) is 8.51. The Balaban J connectivity index is 1.31. The van der Waals surface area contributed by atoms with Crippen molar-refractivity contribution in [1.82, 2.24) is 24.8 Å². The van der Waals surface area contributed by atoms with E-state index in [1.54, 1.807) is 23.8 Å². The molecule has 9 heteroatoms. The Hall–Kier alpha value is -3.93. The average Bonchev–Trinajstić information content (AvgIpc) is 3.31. The number of aromatic nitrogens is 3. The number of hydrogen-bond acceptors (Lipinski definition) is 6. The fourth-order valence-electron chi connectivity index (χ4n) is 6.10. The molecule has 3 aromatic rings. The maximum absolute atomic E-state index is 13.1. The maximum atomic E-state index is 13.1. The molecule has 1 aliphatic heterocycles. The minimum absolute atomic E-state index is 0.139. The van der Waals surface area contributed by atoms with E-state index in [2.05, 4.69) is 26.8 Å². The molecule has 2 bridgehead atoms. The summed E-state index contributed by atoms with van der Waals surface area (Å²) in [4.78, 5) is 32.5. The third-order valence-electron chi connectivity index (χ3n) is 8.51. The Labute approximate surface area is 209 Å². The number of anilines is 1. The first-order chi connectivity index (χ1) is 17.5. The van der Waals surface area contributed by atoms with Gasteiger partial charge in [-0.15, -0.1) is 0 Å². The number of nitriles is 1. The molecule has 2 amide bonds. The summed E-state index contributed by atoms with van der Waals surface area (Å²) in [5.41, 5.74) is 3.67. The number of nitrogens with one attached hydrogen (secondary N) is 2. The van der Waals surface area contributed by atoms with Gasteiger partial charge in [-0.1, -0.05) is 0 Å². The molecule has 0 spiro atoms. The molecule has 4 aliphatic rings. The van der Waals surface area contributed by atoms with Gasteiger partial charge in [-0.3, -0.25) is 14.6 Å². The van der Waals surface area contributed by atoms with Crippen molar-refractivity contribution in [2.24, 2.45) is 5.41 Å². The lowest BCUT2D eigenvalue weighted by molar-refractivity contribution is -0.152. The van der Waals surface area contributed by atoms with Crippen LogP contribution in [0.25, 0.3) is 16.9 Å². The fourth-order valence-corrected chi connectivity index (χ4v) is 6.10. The van der Waals surface area contributed by atoms with E-state index in [-0.39, 0.29) is 16.9 Å². The molecule has 3 aliphatic carbocycles. The Kier molecular flexibility index (Phi) is 5.21. The van der Waals surface area contributed by atoms with Crippen LogP contribution >= 0.6 is 0 Å². The zero-order chi connectivity index (χ0) is 24.9. The van der Waals surface area contributed by atoms with Gasteiger partial charge in [-0.25, -0.2) is 4.52 Å². The highest BCUT2D eigenvalue weighted by atomic mass is 16.2. The topological polar surface area (TPSA) is 115 Å². The van der Waals surface area contributed by atoms with E-state index < -0.39 is 0 Å². The summed E-state index contributed by atoms with van der Waals surface area (Å²) in [6.07, 6.45) is 9.64. The first kappa shape index (κ1) is 22.5. The van der Waals surface area contributed by atoms with Gasteiger partial charge in [0.2, 0.25) is 5.91 Å². The molecule has 0 radical (unpaired) electrons. The highest BCUT2D eigenvalue weighted by molar-refractivity contribution is 6.00. The van der Waals surface area contributed by atoms with Crippen LogP contribution in [0.3, 0.4) is 0 Å². The molecule has 184 valence electrons. The van der Waals surface area contributed by atoms with Crippen LogP contribution < -0.4 is 10.6 Å². The normalized spacial score (nSPS) is 24.7. The van der Waals surface area contributed by atoms with Gasteiger partial charge < -0.3 is 15.5 Å². The SMILES string of the molecule is CNC(=O)c1cnc(-c2ccc3cc(C#N)cnn23)cc1NC12CCC(C(=O)N3CCC3)(CC1)CC2. The lowest BCUT2D eigenvalue weighted by Crippen LogP contribution is -2.58. The van der Waals surface area contributed by atoms with Gasteiger partial charge in [0.25, 0.3) is 5.91 Å². The molecule has 3 aromatic heterocycles. The minimum Gasteiger partial charge on any atom is -0.379 e. The van der Waals surface area contributed by atoms with E-state index >= 15 is 0 Å². The standard InChI is InChI=1S/C27H29N7O2/c1-29-24(35)20-17-30-22(23-4-3-19-13-18(15-28)16-31-34(19)23)14-21(20)32-27-8-5-26(6-9-27,7-10-27)25(36)33-11-2-12-33/h3-4,13-14,16-17H,2,5-12H2,1H3,(H,29,35)(H,30,32). The van der Waals surface area contributed by atoms with Crippen LogP contribution in [0.5, 0.6) is 0 Å². The van der Waals surface area contributed by atoms with Gasteiger partial charge >= 0.3 is 0 Å². The second kappa shape index (κ2) is 8.33. The van der Waals surface area contributed by atoms with E-state index in [1.165, 1.54) is 6.20 Å². The molecule has 4 fully saturated rings. The van der Waals surface area contributed by atoms with Crippen molar-refractivity contribution in [2.45, 2.75) is 50.5 Å². The molecule has 1 saturated heterocycles. The molecule has 0 unspecified atom stereocenters. The number of nitrogens with zero attached hydrogens (tertiary/aromatic N) is 5. The van der Waals surface area contributed by atoms with Gasteiger partial charge in [-0.2, -0.15) is 10.4 Å². The van der Waals surface area contributed by atoms with E-state index in [0.717, 1.165) is 74.9 Å². The maximum Gasteiger partial charge on any atom is 0.254 e. The zero-order valence-electron chi connectivity index (χ0n) is 20.4. The summed E-state index contributed by atoms with van der Waals surface area (Å²) in [6, 6.07) is 9.64. The number of likely N-dealkylation sites (tertiary alicyclic amines) is 1. The van der Waals surface area contributed by atoms with Crippen LogP contribution in [-0.2, 0) is 4.79 Å². The molecular formula is C27H29N7O2. The predicted octanol–water partition coefficient (Wildman–Crippen LogP) is 3.36. The van der Waals surface area contributed by atoms with E-state index in [1.807, 2.05) is 23.1 Å². The fraction of sp³-hybridized carbons (Fsp3) is 0.444.